The fourth-order valence-electron chi connectivity index (χ4n) is 2.16. The van der Waals surface area contributed by atoms with Gasteiger partial charge >= 0.3 is 5.97 Å². The van der Waals surface area contributed by atoms with Gasteiger partial charge in [-0.2, -0.15) is 0 Å². The van der Waals surface area contributed by atoms with Crippen LogP contribution >= 0.6 is 0 Å². The van der Waals surface area contributed by atoms with E-state index < -0.39 is 0 Å². The molecule has 1 aliphatic heterocycles. The number of esters is 1. The van der Waals surface area contributed by atoms with Gasteiger partial charge in [-0.1, -0.05) is 13.8 Å². The van der Waals surface area contributed by atoms with Gasteiger partial charge in [0.2, 0.25) is 0 Å². The first kappa shape index (κ1) is 16.4. The summed E-state index contributed by atoms with van der Waals surface area (Å²) in [7, 11) is 4.01. The van der Waals surface area contributed by atoms with Crippen LogP contribution in [0.4, 0.5) is 0 Å². The van der Waals surface area contributed by atoms with Gasteiger partial charge in [0, 0.05) is 6.92 Å². The predicted molar refractivity (Wildman–Crippen MR) is 69.0 cm³/mol. The number of likely N-dealkylation sites (N-methyl/N-ethyl adjacent to an activating group) is 1. The maximum absolute atomic E-state index is 11.0. The normalized spacial score (nSPS) is 32.7. The molecule has 17 heavy (non-hydrogen) atoms. The highest BCUT2D eigenvalue weighted by atomic mass is 16.6. The highest BCUT2D eigenvalue weighted by Crippen LogP contribution is 2.25. The summed E-state index contributed by atoms with van der Waals surface area (Å²) >= 11 is 0. The van der Waals surface area contributed by atoms with Gasteiger partial charge in [0.25, 0.3) is 0 Å². The number of hydrogen-bond acceptors (Lipinski definition) is 4. The van der Waals surface area contributed by atoms with Crippen molar-refractivity contribution in [1.82, 2.24) is 4.90 Å². The third-order valence-electron chi connectivity index (χ3n) is 2.83. The van der Waals surface area contributed by atoms with E-state index in [9.17, 15) is 4.79 Å². The van der Waals surface area contributed by atoms with E-state index >= 15 is 0 Å². The molecule has 1 fully saturated rings. The molecule has 0 aromatic carbocycles. The van der Waals surface area contributed by atoms with Gasteiger partial charge in [0.15, 0.2) is 0 Å². The van der Waals surface area contributed by atoms with Gasteiger partial charge in [-0.25, -0.2) is 0 Å². The molecule has 0 aliphatic carbocycles. The average Bonchev–Trinajstić information content (AvgIpc) is 2.24. The number of ether oxygens (including phenoxy) is 2. The Morgan fingerprint density at radius 1 is 1.29 bits per heavy atom. The molecule has 0 radical (unpaired) electrons. The average molecular weight is 245 g/mol. The molecule has 0 amide bonds. The fourth-order valence-corrected chi connectivity index (χ4v) is 2.16. The van der Waals surface area contributed by atoms with Crippen molar-refractivity contribution in [2.24, 2.45) is 0 Å². The second-order valence-electron chi connectivity index (χ2n) is 4.49. The largest absolute Gasteiger partial charge is 0.458 e. The molecule has 0 aromatic rings. The summed E-state index contributed by atoms with van der Waals surface area (Å²) in [4.78, 5) is 13.1. The van der Waals surface area contributed by atoms with Crippen LogP contribution in [0, 0.1) is 0 Å². The van der Waals surface area contributed by atoms with E-state index in [1.54, 1.807) is 0 Å². The molecule has 1 aliphatic rings. The summed E-state index contributed by atoms with van der Waals surface area (Å²) in [6, 6.07) is 0.243. The number of rotatable bonds is 2. The standard InChI is InChI=1S/C11H21NO3.C2H6/c1-7-6-10(12(4)5)11(8(2)14-7)15-9(3)13;1-2/h7-8,10-11H,6H2,1-5H3;1-2H3/t7-,8+,10+,11+;/m1./s1. The quantitative estimate of drug-likeness (QED) is 0.698. The summed E-state index contributed by atoms with van der Waals surface area (Å²) in [5, 5.41) is 0. The second kappa shape index (κ2) is 7.67. The number of carbonyl (C=O) groups excluding carboxylic acids is 1. The molecular formula is C13H27NO3. The van der Waals surface area contributed by atoms with E-state index in [1.807, 2.05) is 34.9 Å². The van der Waals surface area contributed by atoms with E-state index in [2.05, 4.69) is 11.8 Å². The van der Waals surface area contributed by atoms with E-state index in [4.69, 9.17) is 9.47 Å². The number of nitrogens with zero attached hydrogens (tertiary/aromatic N) is 1. The summed E-state index contributed by atoms with van der Waals surface area (Å²) < 4.78 is 11.0. The van der Waals surface area contributed by atoms with E-state index in [0.29, 0.717) is 0 Å². The number of carbonyl (C=O) groups is 1. The lowest BCUT2D eigenvalue weighted by molar-refractivity contribution is -0.178. The maximum Gasteiger partial charge on any atom is 0.303 e. The van der Waals surface area contributed by atoms with Crippen LogP contribution in [0.25, 0.3) is 0 Å². The first-order valence-electron chi connectivity index (χ1n) is 6.41. The van der Waals surface area contributed by atoms with Crippen molar-refractivity contribution in [2.75, 3.05) is 14.1 Å². The minimum atomic E-state index is -0.239. The number of hydrogen-bond donors (Lipinski definition) is 0. The molecule has 1 heterocycles. The Labute approximate surface area is 105 Å². The Kier molecular flexibility index (Phi) is 7.39. The lowest BCUT2D eigenvalue weighted by atomic mass is 9.95. The van der Waals surface area contributed by atoms with E-state index in [1.165, 1.54) is 6.92 Å². The van der Waals surface area contributed by atoms with Gasteiger partial charge in [-0.3, -0.25) is 4.79 Å². The van der Waals surface area contributed by atoms with Crippen molar-refractivity contribution in [1.29, 1.82) is 0 Å². The first-order valence-corrected chi connectivity index (χ1v) is 6.41. The van der Waals surface area contributed by atoms with Crippen LogP contribution in [0.15, 0.2) is 0 Å². The molecule has 4 nitrogen and oxygen atoms in total. The van der Waals surface area contributed by atoms with Crippen molar-refractivity contribution in [3.63, 3.8) is 0 Å². The van der Waals surface area contributed by atoms with Gasteiger partial charge in [0.05, 0.1) is 18.2 Å². The minimum absolute atomic E-state index is 0.0370. The zero-order valence-corrected chi connectivity index (χ0v) is 12.2. The molecule has 0 spiro atoms. The van der Waals surface area contributed by atoms with Gasteiger partial charge < -0.3 is 14.4 Å². The molecule has 0 unspecified atom stereocenters. The van der Waals surface area contributed by atoms with E-state index in [-0.39, 0.29) is 30.3 Å². The van der Waals surface area contributed by atoms with Crippen LogP contribution < -0.4 is 0 Å². The van der Waals surface area contributed by atoms with Crippen LogP contribution in [-0.2, 0) is 14.3 Å². The van der Waals surface area contributed by atoms with Crippen molar-refractivity contribution in [3.05, 3.63) is 0 Å². The lowest BCUT2D eigenvalue weighted by Gasteiger charge is -2.41. The highest BCUT2D eigenvalue weighted by Gasteiger charge is 2.38. The van der Waals surface area contributed by atoms with Gasteiger partial charge in [0.1, 0.15) is 6.10 Å². The Bertz CT molecular complexity index is 231. The van der Waals surface area contributed by atoms with Gasteiger partial charge in [-0.05, 0) is 34.4 Å². The predicted octanol–water partition coefficient (Wildman–Crippen LogP) is 2.07. The Morgan fingerprint density at radius 2 is 1.82 bits per heavy atom. The summed E-state index contributed by atoms with van der Waals surface area (Å²) in [5.41, 5.74) is 0. The molecular weight excluding hydrogens is 218 g/mol. The SMILES string of the molecule is CC.CC(=O)O[C@H]1[C@H](C)O[C@H](C)C[C@@H]1N(C)C. The highest BCUT2D eigenvalue weighted by molar-refractivity contribution is 5.66. The third kappa shape index (κ3) is 5.04. The zero-order chi connectivity index (χ0) is 13.6. The molecule has 1 rings (SSSR count). The van der Waals surface area contributed by atoms with Crippen LogP contribution in [-0.4, -0.2) is 49.3 Å². The third-order valence-corrected chi connectivity index (χ3v) is 2.83. The summed E-state index contributed by atoms with van der Waals surface area (Å²) in [6.45, 7) is 9.45. The Balaban J connectivity index is 0.00000121. The monoisotopic (exact) mass is 245 g/mol. The van der Waals surface area contributed by atoms with E-state index in [0.717, 1.165) is 6.42 Å². The molecule has 1 saturated heterocycles. The van der Waals surface area contributed by atoms with Crippen LogP contribution in [0.3, 0.4) is 0 Å². The van der Waals surface area contributed by atoms with Crippen molar-refractivity contribution < 1.29 is 14.3 Å². The first-order chi connectivity index (χ1) is 7.91. The molecule has 0 N–H and O–H groups in total. The van der Waals surface area contributed by atoms with Crippen molar-refractivity contribution >= 4 is 5.97 Å². The summed E-state index contributed by atoms with van der Waals surface area (Å²) in [5.74, 6) is -0.239. The summed E-state index contributed by atoms with van der Waals surface area (Å²) in [6.07, 6.45) is 0.924. The smallest absolute Gasteiger partial charge is 0.303 e. The molecule has 0 aromatic heterocycles. The topological polar surface area (TPSA) is 38.8 Å². The molecule has 102 valence electrons. The van der Waals surface area contributed by atoms with Gasteiger partial charge in [-0.15, -0.1) is 0 Å². The molecule has 0 bridgehead atoms. The maximum atomic E-state index is 11.0. The minimum Gasteiger partial charge on any atom is -0.458 e. The molecule has 4 atom stereocenters. The van der Waals surface area contributed by atoms with Crippen LogP contribution in [0.5, 0.6) is 0 Å². The lowest BCUT2D eigenvalue weighted by Crippen LogP contribution is -2.53. The second-order valence-corrected chi connectivity index (χ2v) is 4.49. The van der Waals surface area contributed by atoms with Crippen LogP contribution in [0.2, 0.25) is 0 Å². The zero-order valence-electron chi connectivity index (χ0n) is 12.2. The van der Waals surface area contributed by atoms with Crippen LogP contribution in [0.1, 0.15) is 41.0 Å². The Hall–Kier alpha value is -0.610. The fraction of sp³-hybridized carbons (Fsp3) is 0.923. The van der Waals surface area contributed by atoms with Crippen molar-refractivity contribution in [2.45, 2.75) is 65.4 Å². The van der Waals surface area contributed by atoms with Crippen molar-refractivity contribution in [3.8, 4) is 0 Å². The molecule has 0 saturated carbocycles. The Morgan fingerprint density at radius 3 is 2.24 bits per heavy atom. The molecule has 4 heteroatoms.